The highest BCUT2D eigenvalue weighted by Crippen LogP contribution is 2.28. The smallest absolute Gasteiger partial charge is 0.247 e. The number of methoxy groups -OCH3 is 2. The molecule has 0 spiro atoms. The van der Waals surface area contributed by atoms with Gasteiger partial charge in [-0.05, 0) is 42.8 Å². The number of nitrogens with zero attached hydrogens (tertiary/aromatic N) is 2. The predicted octanol–water partition coefficient (Wildman–Crippen LogP) is 3.12. The van der Waals surface area contributed by atoms with Crippen LogP contribution in [0.2, 0.25) is 0 Å². The lowest BCUT2D eigenvalue weighted by molar-refractivity contribution is -0.129. The van der Waals surface area contributed by atoms with Gasteiger partial charge < -0.3 is 18.9 Å². The number of amides is 1. The third-order valence-corrected chi connectivity index (χ3v) is 4.45. The van der Waals surface area contributed by atoms with E-state index in [2.05, 4.69) is 23.8 Å². The molecule has 3 rings (SSSR count). The van der Waals surface area contributed by atoms with E-state index in [9.17, 15) is 4.79 Å². The number of carbonyl (C=O) groups excluding carboxylic acids is 1. The summed E-state index contributed by atoms with van der Waals surface area (Å²) in [6.45, 7) is 3.62. The quantitative estimate of drug-likeness (QED) is 0.811. The summed E-state index contributed by atoms with van der Waals surface area (Å²) < 4.78 is 12.7. The highest BCUT2D eigenvalue weighted by molar-refractivity contribution is 5.92. The molecule has 5 nitrogen and oxygen atoms in total. The molecule has 1 amide bonds. The molecule has 0 aliphatic carbocycles. The maximum atomic E-state index is 12.6. The van der Waals surface area contributed by atoms with Crippen molar-refractivity contribution in [1.82, 2.24) is 9.47 Å². The van der Waals surface area contributed by atoms with Gasteiger partial charge in [-0.2, -0.15) is 0 Å². The molecule has 2 heterocycles. The summed E-state index contributed by atoms with van der Waals surface area (Å²) in [4.78, 5) is 14.5. The fourth-order valence-corrected chi connectivity index (χ4v) is 3.10. The minimum atomic E-state index is 0.0183. The molecule has 0 saturated carbocycles. The van der Waals surface area contributed by atoms with Crippen LogP contribution in [0, 0.1) is 0 Å². The van der Waals surface area contributed by atoms with Crippen LogP contribution in [-0.4, -0.2) is 36.1 Å². The van der Waals surface area contributed by atoms with Gasteiger partial charge in [0, 0.05) is 31.1 Å². The normalized spacial score (nSPS) is 17.0. The molecule has 0 N–H and O–H groups in total. The van der Waals surface area contributed by atoms with Crippen LogP contribution in [0.25, 0.3) is 6.08 Å². The Morgan fingerprint density at radius 1 is 1.17 bits per heavy atom. The van der Waals surface area contributed by atoms with Gasteiger partial charge in [0.25, 0.3) is 0 Å². The zero-order valence-corrected chi connectivity index (χ0v) is 14.2. The van der Waals surface area contributed by atoms with Crippen LogP contribution in [-0.2, 0) is 11.3 Å². The fraction of sp³-hybridized carbons (Fsp3) is 0.316. The summed E-state index contributed by atoms with van der Waals surface area (Å²) in [6.07, 6.45) is 5.49. The van der Waals surface area contributed by atoms with E-state index < -0.39 is 0 Å². The average molecular weight is 326 g/mol. The Balaban J connectivity index is 1.74. The van der Waals surface area contributed by atoms with E-state index in [0.717, 1.165) is 18.7 Å². The molecule has 1 aliphatic heterocycles. The highest BCUT2D eigenvalue weighted by Gasteiger charge is 2.25. The molecule has 1 aromatic heterocycles. The molecule has 1 atom stereocenters. The lowest BCUT2D eigenvalue weighted by atomic mass is 10.1. The standard InChI is InChI=1S/C19H22N2O3/c1-14-16-5-4-10-20(16)11-12-21(14)19(22)9-7-15-6-8-17(23-2)18(13-15)24-3/h4-10,13-14H,11-12H2,1-3H3. The molecular formula is C19H22N2O3. The minimum absolute atomic E-state index is 0.0183. The van der Waals surface area contributed by atoms with Gasteiger partial charge in [0.15, 0.2) is 11.5 Å². The van der Waals surface area contributed by atoms with Crippen LogP contribution in [0.1, 0.15) is 24.2 Å². The van der Waals surface area contributed by atoms with Gasteiger partial charge in [0.1, 0.15) is 0 Å². The molecule has 5 heteroatoms. The summed E-state index contributed by atoms with van der Waals surface area (Å²) in [7, 11) is 3.20. The molecule has 2 aromatic rings. The van der Waals surface area contributed by atoms with E-state index in [1.165, 1.54) is 5.69 Å². The number of aromatic nitrogens is 1. The third-order valence-electron chi connectivity index (χ3n) is 4.45. The van der Waals surface area contributed by atoms with Gasteiger partial charge in [-0.1, -0.05) is 6.07 Å². The van der Waals surface area contributed by atoms with Gasteiger partial charge in [-0.25, -0.2) is 0 Å². The Morgan fingerprint density at radius 3 is 2.71 bits per heavy atom. The molecule has 0 fully saturated rings. The van der Waals surface area contributed by atoms with Gasteiger partial charge >= 0.3 is 0 Å². The average Bonchev–Trinajstić information content (AvgIpc) is 3.09. The molecule has 0 saturated heterocycles. The van der Waals surface area contributed by atoms with Crippen molar-refractivity contribution in [2.45, 2.75) is 19.5 Å². The predicted molar refractivity (Wildman–Crippen MR) is 93.1 cm³/mol. The van der Waals surface area contributed by atoms with E-state index in [-0.39, 0.29) is 11.9 Å². The summed E-state index contributed by atoms with van der Waals surface area (Å²) >= 11 is 0. The first-order chi connectivity index (χ1) is 11.6. The van der Waals surface area contributed by atoms with E-state index in [1.54, 1.807) is 20.3 Å². The van der Waals surface area contributed by atoms with E-state index >= 15 is 0 Å². The van der Waals surface area contributed by atoms with Crippen molar-refractivity contribution < 1.29 is 14.3 Å². The van der Waals surface area contributed by atoms with E-state index in [0.29, 0.717) is 11.5 Å². The van der Waals surface area contributed by atoms with Crippen LogP contribution in [0.4, 0.5) is 0 Å². The number of carbonyl (C=O) groups is 1. The van der Waals surface area contributed by atoms with Crippen molar-refractivity contribution in [3.05, 3.63) is 53.9 Å². The molecule has 1 unspecified atom stereocenters. The first kappa shape index (κ1) is 16.2. The molecule has 0 bridgehead atoms. The zero-order chi connectivity index (χ0) is 17.1. The van der Waals surface area contributed by atoms with Gasteiger partial charge in [-0.3, -0.25) is 4.79 Å². The molecule has 1 aromatic carbocycles. The Morgan fingerprint density at radius 2 is 1.96 bits per heavy atom. The van der Waals surface area contributed by atoms with Crippen LogP contribution in [0.5, 0.6) is 11.5 Å². The van der Waals surface area contributed by atoms with Crippen molar-refractivity contribution in [2.24, 2.45) is 0 Å². The fourth-order valence-electron chi connectivity index (χ4n) is 3.10. The van der Waals surface area contributed by atoms with Gasteiger partial charge in [-0.15, -0.1) is 0 Å². The van der Waals surface area contributed by atoms with Crippen LogP contribution in [0.15, 0.2) is 42.6 Å². The summed E-state index contributed by atoms with van der Waals surface area (Å²) in [5, 5.41) is 0. The minimum Gasteiger partial charge on any atom is -0.493 e. The Hall–Kier alpha value is -2.69. The lowest BCUT2D eigenvalue weighted by Crippen LogP contribution is -2.39. The van der Waals surface area contributed by atoms with Crippen molar-refractivity contribution in [3.63, 3.8) is 0 Å². The monoisotopic (exact) mass is 326 g/mol. The second-order valence-electron chi connectivity index (χ2n) is 5.78. The van der Waals surface area contributed by atoms with Crippen LogP contribution in [0.3, 0.4) is 0 Å². The van der Waals surface area contributed by atoms with Gasteiger partial charge in [0.05, 0.1) is 20.3 Å². The second-order valence-corrected chi connectivity index (χ2v) is 5.78. The number of benzene rings is 1. The molecular weight excluding hydrogens is 304 g/mol. The first-order valence-electron chi connectivity index (χ1n) is 8.00. The number of hydrogen-bond acceptors (Lipinski definition) is 3. The maximum Gasteiger partial charge on any atom is 0.247 e. The topological polar surface area (TPSA) is 43.7 Å². The Kier molecular flexibility index (Phi) is 4.60. The number of hydrogen-bond donors (Lipinski definition) is 0. The number of rotatable bonds is 4. The van der Waals surface area contributed by atoms with Crippen molar-refractivity contribution >= 4 is 12.0 Å². The van der Waals surface area contributed by atoms with Crippen LogP contribution < -0.4 is 9.47 Å². The van der Waals surface area contributed by atoms with Crippen molar-refractivity contribution in [1.29, 1.82) is 0 Å². The number of ether oxygens (including phenoxy) is 2. The number of fused-ring (bicyclic) bond motifs is 1. The van der Waals surface area contributed by atoms with E-state index in [4.69, 9.17) is 9.47 Å². The van der Waals surface area contributed by atoms with Crippen molar-refractivity contribution in [2.75, 3.05) is 20.8 Å². The summed E-state index contributed by atoms with van der Waals surface area (Å²) in [6, 6.07) is 9.76. The first-order valence-corrected chi connectivity index (χ1v) is 8.00. The van der Waals surface area contributed by atoms with Crippen LogP contribution >= 0.6 is 0 Å². The zero-order valence-electron chi connectivity index (χ0n) is 14.2. The van der Waals surface area contributed by atoms with Crippen molar-refractivity contribution in [3.8, 4) is 11.5 Å². The molecule has 1 aliphatic rings. The SMILES string of the molecule is COc1ccc(C=CC(=O)N2CCn3cccc3C2C)cc1OC. The Labute approximate surface area is 142 Å². The van der Waals surface area contributed by atoms with Gasteiger partial charge in [0.2, 0.25) is 5.91 Å². The maximum absolute atomic E-state index is 12.6. The summed E-state index contributed by atoms with van der Waals surface area (Å²) in [5.74, 6) is 1.34. The third kappa shape index (κ3) is 3.02. The highest BCUT2D eigenvalue weighted by atomic mass is 16.5. The second kappa shape index (κ2) is 6.83. The van der Waals surface area contributed by atoms with E-state index in [1.807, 2.05) is 35.2 Å². The summed E-state index contributed by atoms with van der Waals surface area (Å²) in [5.41, 5.74) is 2.07. The molecule has 0 radical (unpaired) electrons. The molecule has 24 heavy (non-hydrogen) atoms. The largest absolute Gasteiger partial charge is 0.493 e. The lowest BCUT2D eigenvalue weighted by Gasteiger charge is -2.34. The Bertz CT molecular complexity index is 764. The molecule has 126 valence electrons.